The Morgan fingerprint density at radius 1 is 1.16 bits per heavy atom. The quantitative estimate of drug-likeness (QED) is 0.365. The lowest BCUT2D eigenvalue weighted by molar-refractivity contribution is -0.386. The first-order valence-corrected chi connectivity index (χ1v) is 7.41. The third kappa shape index (κ3) is 3.38. The Morgan fingerprint density at radius 3 is 2.48 bits per heavy atom. The van der Waals surface area contributed by atoms with Crippen LogP contribution in [-0.4, -0.2) is 69.5 Å². The second-order valence-electron chi connectivity index (χ2n) is 5.60. The number of fused-ring (bicyclic) bond motifs is 1. The number of aliphatic hydroxyl groups excluding tert-OH is 4. The summed E-state index contributed by atoms with van der Waals surface area (Å²) in [7, 11) is 0. The van der Waals surface area contributed by atoms with Crippen LogP contribution in [0.3, 0.4) is 0 Å². The van der Waals surface area contributed by atoms with Gasteiger partial charge in [0.1, 0.15) is 24.4 Å². The van der Waals surface area contributed by atoms with Crippen molar-refractivity contribution in [2.45, 2.75) is 37.3 Å². The highest BCUT2D eigenvalue weighted by atomic mass is 16.7. The predicted molar refractivity (Wildman–Crippen MR) is 77.8 cm³/mol. The third-order valence-electron chi connectivity index (χ3n) is 4.02. The fourth-order valence-corrected chi connectivity index (χ4v) is 2.64. The molecule has 2 aliphatic rings. The van der Waals surface area contributed by atoms with E-state index in [1.807, 2.05) is 0 Å². The lowest BCUT2D eigenvalue weighted by Gasteiger charge is -2.39. The molecule has 2 heterocycles. The van der Waals surface area contributed by atoms with Crippen LogP contribution in [0.1, 0.15) is 5.56 Å². The zero-order valence-electron chi connectivity index (χ0n) is 12.8. The number of hydrogen-bond acceptors (Lipinski definition) is 10. The van der Waals surface area contributed by atoms with E-state index in [0.29, 0.717) is 5.75 Å². The number of nitrogens with zero attached hydrogens (tertiary/aromatic N) is 1. The molecule has 4 N–H and O–H groups in total. The Balaban J connectivity index is 1.76. The van der Waals surface area contributed by atoms with E-state index in [4.69, 9.17) is 24.1 Å². The van der Waals surface area contributed by atoms with Crippen molar-refractivity contribution in [3.8, 4) is 11.5 Å². The van der Waals surface area contributed by atoms with Crippen molar-refractivity contribution in [1.29, 1.82) is 0 Å². The molecule has 11 heteroatoms. The van der Waals surface area contributed by atoms with Crippen molar-refractivity contribution in [3.05, 3.63) is 27.8 Å². The molecule has 138 valence electrons. The fourth-order valence-electron chi connectivity index (χ4n) is 2.64. The molecular weight excluding hydrogens is 342 g/mol. The predicted octanol–water partition coefficient (Wildman–Crippen LogP) is -1.36. The van der Waals surface area contributed by atoms with Crippen LogP contribution in [0.5, 0.6) is 11.5 Å². The smallest absolute Gasteiger partial charge is 0.278 e. The summed E-state index contributed by atoms with van der Waals surface area (Å²) in [4.78, 5) is 10.6. The fraction of sp³-hybridized carbons (Fsp3) is 0.571. The topological polar surface area (TPSA) is 161 Å². The summed E-state index contributed by atoms with van der Waals surface area (Å²) in [6, 6.07) is 2.58. The summed E-state index contributed by atoms with van der Waals surface area (Å²) < 4.78 is 20.8. The van der Waals surface area contributed by atoms with Crippen molar-refractivity contribution in [1.82, 2.24) is 0 Å². The van der Waals surface area contributed by atoms with E-state index >= 15 is 0 Å². The SMILES string of the molecule is O=[N+]([O-])c1cc2c(cc1CO[C@H]1O[C@H](CO)[C@@H](O)[C@H](O)[C@H]1O)OCO2. The summed E-state index contributed by atoms with van der Waals surface area (Å²) >= 11 is 0. The Labute approximate surface area is 141 Å². The number of nitro benzene ring substituents is 1. The summed E-state index contributed by atoms with van der Waals surface area (Å²) in [6.07, 6.45) is -7.22. The van der Waals surface area contributed by atoms with Gasteiger partial charge in [0.25, 0.3) is 5.69 Å². The van der Waals surface area contributed by atoms with Crippen molar-refractivity contribution in [3.63, 3.8) is 0 Å². The molecule has 0 spiro atoms. The molecule has 0 radical (unpaired) electrons. The van der Waals surface area contributed by atoms with Crippen LogP contribution in [0, 0.1) is 10.1 Å². The molecule has 2 aliphatic heterocycles. The maximum atomic E-state index is 11.2. The van der Waals surface area contributed by atoms with Gasteiger partial charge < -0.3 is 39.4 Å². The zero-order chi connectivity index (χ0) is 18.1. The molecule has 1 aromatic carbocycles. The van der Waals surface area contributed by atoms with Gasteiger partial charge >= 0.3 is 0 Å². The standard InChI is InChI=1S/C14H17NO10/c16-3-10-11(17)12(18)13(19)14(25-10)22-4-6-1-8-9(24-5-23-8)2-7(6)15(20)21/h1-2,10-14,16-19H,3-5H2/t10-,11-,12+,13-,14+/m1/s1. The van der Waals surface area contributed by atoms with E-state index < -0.39 is 42.2 Å². The van der Waals surface area contributed by atoms with E-state index in [2.05, 4.69) is 0 Å². The van der Waals surface area contributed by atoms with E-state index in [0.717, 1.165) is 0 Å². The van der Waals surface area contributed by atoms with Gasteiger partial charge in [0.05, 0.1) is 29.8 Å². The molecule has 1 saturated heterocycles. The van der Waals surface area contributed by atoms with Gasteiger partial charge in [-0.3, -0.25) is 10.1 Å². The van der Waals surface area contributed by atoms with Crippen molar-refractivity contribution in [2.75, 3.05) is 13.4 Å². The minimum absolute atomic E-state index is 0.0521. The first-order valence-electron chi connectivity index (χ1n) is 7.41. The van der Waals surface area contributed by atoms with Crippen molar-refractivity contribution >= 4 is 5.69 Å². The van der Waals surface area contributed by atoms with Crippen LogP contribution in [0.25, 0.3) is 0 Å². The number of rotatable bonds is 5. The first-order chi connectivity index (χ1) is 11.9. The lowest BCUT2D eigenvalue weighted by atomic mass is 9.99. The van der Waals surface area contributed by atoms with Gasteiger partial charge in [0.2, 0.25) is 6.79 Å². The maximum absolute atomic E-state index is 11.2. The number of ether oxygens (including phenoxy) is 4. The molecule has 0 bridgehead atoms. The number of benzene rings is 1. The Kier molecular flexibility index (Phi) is 5.03. The summed E-state index contributed by atoms with van der Waals surface area (Å²) in [6.45, 7) is -0.992. The summed E-state index contributed by atoms with van der Waals surface area (Å²) in [5, 5.41) is 49.7. The van der Waals surface area contributed by atoms with E-state index in [9.17, 15) is 25.4 Å². The third-order valence-corrected chi connectivity index (χ3v) is 4.02. The van der Waals surface area contributed by atoms with Gasteiger partial charge in [-0.1, -0.05) is 0 Å². The molecule has 1 fully saturated rings. The maximum Gasteiger partial charge on any atom is 0.278 e. The van der Waals surface area contributed by atoms with Gasteiger partial charge in [0.15, 0.2) is 17.8 Å². The van der Waals surface area contributed by atoms with Gasteiger partial charge in [-0.2, -0.15) is 0 Å². The molecule has 3 rings (SSSR count). The highest BCUT2D eigenvalue weighted by molar-refractivity contribution is 5.55. The molecular formula is C14H17NO10. The highest BCUT2D eigenvalue weighted by Gasteiger charge is 2.44. The van der Waals surface area contributed by atoms with Crippen LogP contribution in [-0.2, 0) is 16.1 Å². The summed E-state index contributed by atoms with van der Waals surface area (Å²) in [5.74, 6) is 0.557. The molecule has 25 heavy (non-hydrogen) atoms. The second-order valence-corrected chi connectivity index (χ2v) is 5.60. The van der Waals surface area contributed by atoms with Crippen LogP contribution < -0.4 is 9.47 Å². The second kappa shape index (κ2) is 7.07. The van der Waals surface area contributed by atoms with Crippen LogP contribution in [0.4, 0.5) is 5.69 Å². The van der Waals surface area contributed by atoms with Gasteiger partial charge in [-0.05, 0) is 6.07 Å². The monoisotopic (exact) mass is 359 g/mol. The largest absolute Gasteiger partial charge is 0.454 e. The van der Waals surface area contributed by atoms with E-state index in [1.54, 1.807) is 0 Å². The zero-order valence-corrected chi connectivity index (χ0v) is 12.8. The van der Waals surface area contributed by atoms with Crippen molar-refractivity contribution < 1.29 is 44.3 Å². The molecule has 0 saturated carbocycles. The molecule has 5 atom stereocenters. The van der Waals surface area contributed by atoms with Crippen LogP contribution in [0.15, 0.2) is 12.1 Å². The Bertz CT molecular complexity index is 651. The molecule has 0 aliphatic carbocycles. The average Bonchev–Trinajstić information content (AvgIpc) is 3.05. The van der Waals surface area contributed by atoms with Gasteiger partial charge in [0, 0.05) is 0 Å². The van der Waals surface area contributed by atoms with Gasteiger partial charge in [-0.25, -0.2) is 0 Å². The van der Waals surface area contributed by atoms with Crippen LogP contribution in [0.2, 0.25) is 0 Å². The molecule has 1 aromatic rings. The molecule has 0 unspecified atom stereocenters. The lowest BCUT2D eigenvalue weighted by Crippen LogP contribution is -2.59. The van der Waals surface area contributed by atoms with E-state index in [-0.39, 0.29) is 30.4 Å². The number of hydrogen-bond donors (Lipinski definition) is 4. The molecule has 0 amide bonds. The van der Waals surface area contributed by atoms with Crippen LogP contribution >= 0.6 is 0 Å². The molecule has 0 aromatic heterocycles. The van der Waals surface area contributed by atoms with E-state index in [1.165, 1.54) is 12.1 Å². The minimum atomic E-state index is -1.59. The van der Waals surface area contributed by atoms with Gasteiger partial charge in [-0.15, -0.1) is 0 Å². The number of aliphatic hydroxyl groups is 4. The minimum Gasteiger partial charge on any atom is -0.454 e. The number of nitro groups is 1. The Morgan fingerprint density at radius 2 is 1.84 bits per heavy atom. The molecule has 11 nitrogen and oxygen atoms in total. The average molecular weight is 359 g/mol. The normalized spacial score (nSPS) is 31.1. The first kappa shape index (κ1) is 17.8. The van der Waals surface area contributed by atoms with Crippen molar-refractivity contribution in [2.24, 2.45) is 0 Å². The summed E-state index contributed by atoms with van der Waals surface area (Å²) in [5.41, 5.74) is -0.125. The highest BCUT2D eigenvalue weighted by Crippen LogP contribution is 2.38. The Hall–Kier alpha value is -2.02.